The number of hydrogen-bond acceptors (Lipinski definition) is 5. The van der Waals surface area contributed by atoms with E-state index in [1.54, 1.807) is 0 Å². The topological polar surface area (TPSA) is 95.9 Å². The molecule has 0 saturated heterocycles. The normalized spacial score (nSPS) is 12.7. The maximum absolute atomic E-state index is 12.4. The van der Waals surface area contributed by atoms with Gasteiger partial charge >= 0.3 is 5.97 Å². The Morgan fingerprint density at radius 2 is 0.828 bits per heavy atom. The first-order valence-corrected chi connectivity index (χ1v) is 25.9. The molecule has 0 heterocycles. The van der Waals surface area contributed by atoms with Gasteiger partial charge in [0.1, 0.15) is 0 Å². The van der Waals surface area contributed by atoms with Crippen LogP contribution in [0.4, 0.5) is 0 Å². The largest absolute Gasteiger partial charge is 0.466 e. The fraction of sp³-hybridized carbons (Fsp3) is 0.923. The molecule has 0 bridgehead atoms. The minimum atomic E-state index is -0.694. The Balaban J connectivity index is 3.53. The Morgan fingerprint density at radius 3 is 1.26 bits per heavy atom. The second-order valence-electron chi connectivity index (χ2n) is 17.9. The van der Waals surface area contributed by atoms with Crippen molar-refractivity contribution < 1.29 is 24.5 Å². The molecule has 344 valence electrons. The predicted molar refractivity (Wildman–Crippen MR) is 250 cm³/mol. The van der Waals surface area contributed by atoms with Crippen molar-refractivity contribution >= 4 is 11.9 Å². The lowest BCUT2D eigenvalue weighted by Crippen LogP contribution is -2.45. The fourth-order valence-corrected chi connectivity index (χ4v) is 8.05. The maximum atomic E-state index is 12.4. The molecule has 0 aliphatic rings. The number of carbonyl (C=O) groups is 2. The van der Waals surface area contributed by atoms with Crippen LogP contribution in [-0.2, 0) is 14.3 Å². The highest BCUT2D eigenvalue weighted by Gasteiger charge is 2.20. The first-order valence-electron chi connectivity index (χ1n) is 25.9. The molecule has 0 fully saturated rings. The molecule has 0 spiro atoms. The molecule has 1 amide bonds. The Morgan fingerprint density at radius 1 is 0.466 bits per heavy atom. The first kappa shape index (κ1) is 56.6. The van der Waals surface area contributed by atoms with Gasteiger partial charge in [-0.15, -0.1) is 0 Å². The number of unbranched alkanes of at least 4 members (excludes halogenated alkanes) is 35. The molecular weight excluding hydrogens is 719 g/mol. The highest BCUT2D eigenvalue weighted by Crippen LogP contribution is 2.17. The molecule has 0 aromatic carbocycles. The van der Waals surface area contributed by atoms with Gasteiger partial charge in [-0.25, -0.2) is 0 Å². The van der Waals surface area contributed by atoms with Gasteiger partial charge in [-0.3, -0.25) is 9.59 Å². The molecule has 0 rings (SSSR count). The molecular formula is C52H101NO5. The van der Waals surface area contributed by atoms with Crippen LogP contribution in [0.1, 0.15) is 284 Å². The van der Waals surface area contributed by atoms with Crippen LogP contribution in [0.3, 0.4) is 0 Å². The third kappa shape index (κ3) is 44.2. The first-order chi connectivity index (χ1) is 28.5. The molecule has 0 aromatic heterocycles. The van der Waals surface area contributed by atoms with Crippen molar-refractivity contribution in [3.63, 3.8) is 0 Å². The Hall–Kier alpha value is -1.40. The summed E-state index contributed by atoms with van der Waals surface area (Å²) in [4.78, 5) is 24.4. The lowest BCUT2D eigenvalue weighted by molar-refractivity contribution is -0.143. The van der Waals surface area contributed by atoms with Crippen molar-refractivity contribution in [3.05, 3.63) is 12.2 Å². The summed E-state index contributed by atoms with van der Waals surface area (Å²) in [6.45, 7) is 4.87. The quantitative estimate of drug-likeness (QED) is 0.0323. The summed E-state index contributed by atoms with van der Waals surface area (Å²) in [5.74, 6) is -0.126. The van der Waals surface area contributed by atoms with E-state index in [2.05, 4.69) is 31.3 Å². The van der Waals surface area contributed by atoms with E-state index in [1.165, 1.54) is 180 Å². The summed E-state index contributed by atoms with van der Waals surface area (Å²) in [6.07, 6.45) is 54.7. The van der Waals surface area contributed by atoms with Gasteiger partial charge in [-0.2, -0.15) is 0 Å². The molecule has 58 heavy (non-hydrogen) atoms. The van der Waals surface area contributed by atoms with Gasteiger partial charge in [0.05, 0.1) is 25.4 Å². The minimum absolute atomic E-state index is 0.0335. The van der Waals surface area contributed by atoms with E-state index in [0.717, 1.165) is 70.6 Å². The second kappa shape index (κ2) is 48.3. The zero-order chi connectivity index (χ0) is 42.3. The third-order valence-electron chi connectivity index (χ3n) is 12.1. The van der Waals surface area contributed by atoms with Crippen LogP contribution >= 0.6 is 0 Å². The number of allylic oxidation sites excluding steroid dienone is 2. The predicted octanol–water partition coefficient (Wildman–Crippen LogP) is 15.3. The lowest BCUT2D eigenvalue weighted by Gasteiger charge is -2.22. The lowest BCUT2D eigenvalue weighted by atomic mass is 10.0. The molecule has 6 nitrogen and oxygen atoms in total. The van der Waals surface area contributed by atoms with Gasteiger partial charge in [-0.05, 0) is 44.9 Å². The van der Waals surface area contributed by atoms with E-state index < -0.39 is 12.1 Å². The summed E-state index contributed by atoms with van der Waals surface area (Å²) in [5, 5.41) is 23.2. The average Bonchev–Trinajstić information content (AvgIpc) is 3.22. The molecule has 0 aliphatic heterocycles. The van der Waals surface area contributed by atoms with E-state index in [-0.39, 0.29) is 18.5 Å². The summed E-state index contributed by atoms with van der Waals surface area (Å²) in [7, 11) is 0. The summed E-state index contributed by atoms with van der Waals surface area (Å²) >= 11 is 0. The number of hydrogen-bond donors (Lipinski definition) is 3. The molecule has 0 aromatic rings. The van der Waals surface area contributed by atoms with E-state index in [1.807, 2.05) is 0 Å². The van der Waals surface area contributed by atoms with Crippen molar-refractivity contribution in [2.45, 2.75) is 296 Å². The van der Waals surface area contributed by atoms with E-state index in [9.17, 15) is 19.8 Å². The molecule has 2 atom stereocenters. The summed E-state index contributed by atoms with van der Waals surface area (Å²) < 4.78 is 5.43. The number of rotatable bonds is 48. The molecule has 2 unspecified atom stereocenters. The highest BCUT2D eigenvalue weighted by atomic mass is 16.5. The van der Waals surface area contributed by atoms with Gasteiger partial charge in [-0.1, -0.05) is 238 Å². The number of carbonyl (C=O) groups excluding carboxylic acids is 2. The molecule has 6 heteroatoms. The Bertz CT molecular complexity index is 863. The minimum Gasteiger partial charge on any atom is -0.466 e. The number of nitrogens with one attached hydrogen (secondary N) is 1. The highest BCUT2D eigenvalue weighted by molar-refractivity contribution is 5.76. The molecule has 0 saturated carbocycles. The van der Waals surface area contributed by atoms with Crippen LogP contribution in [0.2, 0.25) is 0 Å². The van der Waals surface area contributed by atoms with E-state index in [0.29, 0.717) is 25.9 Å². The third-order valence-corrected chi connectivity index (χ3v) is 12.1. The van der Waals surface area contributed by atoms with Crippen LogP contribution < -0.4 is 5.32 Å². The van der Waals surface area contributed by atoms with Crippen LogP contribution in [0.25, 0.3) is 0 Å². The average molecular weight is 820 g/mol. The van der Waals surface area contributed by atoms with Crippen LogP contribution in [0.15, 0.2) is 12.2 Å². The van der Waals surface area contributed by atoms with Crippen molar-refractivity contribution in [1.82, 2.24) is 5.32 Å². The monoisotopic (exact) mass is 820 g/mol. The summed E-state index contributed by atoms with van der Waals surface area (Å²) in [6, 6.07) is -0.578. The Kier molecular flexibility index (Phi) is 47.1. The van der Waals surface area contributed by atoms with Crippen LogP contribution in [0.5, 0.6) is 0 Å². The number of esters is 1. The number of amides is 1. The Labute approximate surface area is 361 Å². The number of aliphatic hydroxyl groups is 2. The van der Waals surface area contributed by atoms with Gasteiger partial charge in [0.15, 0.2) is 0 Å². The fourth-order valence-electron chi connectivity index (χ4n) is 8.05. The number of ether oxygens (including phenoxy) is 1. The zero-order valence-electron chi connectivity index (χ0n) is 39.0. The molecule has 0 aliphatic carbocycles. The van der Waals surface area contributed by atoms with E-state index in [4.69, 9.17) is 4.74 Å². The molecule has 3 N–H and O–H groups in total. The van der Waals surface area contributed by atoms with Crippen molar-refractivity contribution in [2.75, 3.05) is 13.2 Å². The smallest absolute Gasteiger partial charge is 0.305 e. The van der Waals surface area contributed by atoms with Gasteiger partial charge in [0.2, 0.25) is 5.91 Å². The second-order valence-corrected chi connectivity index (χ2v) is 17.9. The van der Waals surface area contributed by atoms with E-state index >= 15 is 0 Å². The van der Waals surface area contributed by atoms with Crippen LogP contribution in [-0.4, -0.2) is 47.4 Å². The van der Waals surface area contributed by atoms with Crippen LogP contribution in [0, 0.1) is 0 Å². The maximum Gasteiger partial charge on any atom is 0.305 e. The number of aliphatic hydroxyl groups excluding tert-OH is 2. The van der Waals surface area contributed by atoms with Crippen molar-refractivity contribution in [1.29, 1.82) is 0 Å². The van der Waals surface area contributed by atoms with Crippen molar-refractivity contribution in [2.24, 2.45) is 0 Å². The van der Waals surface area contributed by atoms with Gasteiger partial charge < -0.3 is 20.3 Å². The standard InChI is InChI=1S/C52H101NO5/c1-3-5-7-9-11-13-15-17-18-19-20-21-22-24-25-28-32-36-40-44-50(55)49(48-54)53-51(56)45-41-37-33-29-27-31-35-39-43-47-58-52(57)46-42-38-34-30-26-23-16-14-12-10-8-6-4-2/h29,33,49-50,54-55H,3-28,30-32,34-48H2,1-2H3,(H,53,56)/b33-29-. The van der Waals surface area contributed by atoms with Gasteiger partial charge in [0.25, 0.3) is 0 Å². The SMILES string of the molecule is CCCCCCCCCCCCCCCCCCCCCC(O)C(CO)NC(=O)CCC/C=C\CCCCCCOC(=O)CCCCCCCCCCCCCCC. The van der Waals surface area contributed by atoms with Crippen molar-refractivity contribution in [3.8, 4) is 0 Å². The zero-order valence-corrected chi connectivity index (χ0v) is 39.0. The van der Waals surface area contributed by atoms with Gasteiger partial charge in [0, 0.05) is 12.8 Å². The summed E-state index contributed by atoms with van der Waals surface area (Å²) in [5.41, 5.74) is 0. The molecule has 0 radical (unpaired) electrons.